The molecule has 1 N–H and O–H groups in total. The molecule has 6 nitrogen and oxygen atoms in total. The molecule has 0 aliphatic carbocycles. The largest absolute Gasteiger partial charge is 0.496 e. The summed E-state index contributed by atoms with van der Waals surface area (Å²) in [5.41, 5.74) is 1.44. The van der Waals surface area contributed by atoms with Crippen LogP contribution < -0.4 is 9.64 Å². The lowest BCUT2D eigenvalue weighted by Crippen LogP contribution is -2.26. The Morgan fingerprint density at radius 2 is 1.95 bits per heavy atom. The van der Waals surface area contributed by atoms with Crippen molar-refractivity contribution in [3.8, 4) is 5.75 Å². The topological polar surface area (TPSA) is 75.8 Å². The van der Waals surface area contributed by atoms with Gasteiger partial charge < -0.3 is 14.7 Å². The first-order valence-electron chi connectivity index (χ1n) is 6.88. The molecular formula is C16H18N2O4. The molecule has 0 aromatic heterocycles. The van der Waals surface area contributed by atoms with E-state index in [9.17, 15) is 15.2 Å². The van der Waals surface area contributed by atoms with E-state index in [1.807, 2.05) is 30.3 Å². The first-order chi connectivity index (χ1) is 10.7. The third kappa shape index (κ3) is 3.73. The second kappa shape index (κ2) is 7.42. The summed E-state index contributed by atoms with van der Waals surface area (Å²) in [4.78, 5) is 12.7. The van der Waals surface area contributed by atoms with Gasteiger partial charge in [-0.05, 0) is 17.7 Å². The average molecular weight is 302 g/mol. The molecule has 0 saturated carbocycles. The zero-order valence-corrected chi connectivity index (χ0v) is 12.3. The summed E-state index contributed by atoms with van der Waals surface area (Å²) in [6.07, 6.45) is 0. The second-order valence-electron chi connectivity index (χ2n) is 4.74. The molecule has 0 saturated heterocycles. The standard InChI is InChI=1S/C16H18N2O4/c1-22-14-7-8-15(16(11-14)18(20)21)17(9-10-19)12-13-5-3-2-4-6-13/h2-8,11,19H,9-10,12H2,1H3. The van der Waals surface area contributed by atoms with Gasteiger partial charge >= 0.3 is 0 Å². The second-order valence-corrected chi connectivity index (χ2v) is 4.74. The van der Waals surface area contributed by atoms with Crippen LogP contribution in [0.1, 0.15) is 5.56 Å². The van der Waals surface area contributed by atoms with Crippen molar-refractivity contribution in [1.82, 2.24) is 0 Å². The van der Waals surface area contributed by atoms with Gasteiger partial charge in [-0.1, -0.05) is 30.3 Å². The van der Waals surface area contributed by atoms with Crippen LogP contribution in [-0.4, -0.2) is 30.3 Å². The number of nitro groups is 1. The monoisotopic (exact) mass is 302 g/mol. The molecule has 0 heterocycles. The van der Waals surface area contributed by atoms with E-state index in [1.165, 1.54) is 13.2 Å². The predicted octanol–water partition coefficient (Wildman–Crippen LogP) is 2.60. The number of nitro benzene ring substituents is 1. The van der Waals surface area contributed by atoms with Crippen molar-refractivity contribution in [1.29, 1.82) is 0 Å². The molecule has 0 bridgehead atoms. The zero-order valence-electron chi connectivity index (χ0n) is 12.3. The summed E-state index contributed by atoms with van der Waals surface area (Å²) in [5.74, 6) is 0.430. The van der Waals surface area contributed by atoms with Gasteiger partial charge in [-0.2, -0.15) is 0 Å². The Morgan fingerprint density at radius 1 is 1.23 bits per heavy atom. The van der Waals surface area contributed by atoms with Gasteiger partial charge in [-0.25, -0.2) is 0 Å². The fourth-order valence-electron chi connectivity index (χ4n) is 2.25. The van der Waals surface area contributed by atoms with Crippen molar-refractivity contribution in [2.24, 2.45) is 0 Å². The smallest absolute Gasteiger partial charge is 0.296 e. The van der Waals surface area contributed by atoms with Gasteiger partial charge in [0.1, 0.15) is 11.4 Å². The number of rotatable bonds is 7. The zero-order chi connectivity index (χ0) is 15.9. The molecule has 0 atom stereocenters. The van der Waals surface area contributed by atoms with Gasteiger partial charge in [0.2, 0.25) is 0 Å². The summed E-state index contributed by atoms with van der Waals surface area (Å²) < 4.78 is 5.05. The molecule has 0 aliphatic rings. The minimum absolute atomic E-state index is 0.0382. The van der Waals surface area contributed by atoms with Crippen molar-refractivity contribution < 1.29 is 14.8 Å². The maximum atomic E-state index is 11.3. The summed E-state index contributed by atoms with van der Waals surface area (Å²) in [5, 5.41) is 20.6. The van der Waals surface area contributed by atoms with E-state index in [0.717, 1.165) is 5.56 Å². The van der Waals surface area contributed by atoms with Crippen LogP contribution in [0.3, 0.4) is 0 Å². The van der Waals surface area contributed by atoms with E-state index in [2.05, 4.69) is 0 Å². The van der Waals surface area contributed by atoms with Crippen molar-refractivity contribution >= 4 is 11.4 Å². The van der Waals surface area contributed by atoms with E-state index in [1.54, 1.807) is 17.0 Å². The summed E-state index contributed by atoms with van der Waals surface area (Å²) in [7, 11) is 1.47. The fraction of sp³-hybridized carbons (Fsp3) is 0.250. The molecule has 0 fully saturated rings. The Hall–Kier alpha value is -2.60. The van der Waals surface area contributed by atoms with Gasteiger partial charge in [0, 0.05) is 13.1 Å². The van der Waals surface area contributed by atoms with Crippen LogP contribution in [0.25, 0.3) is 0 Å². The van der Waals surface area contributed by atoms with Crippen LogP contribution in [-0.2, 0) is 6.54 Å². The highest BCUT2D eigenvalue weighted by atomic mass is 16.6. The normalized spacial score (nSPS) is 10.3. The molecule has 0 amide bonds. The van der Waals surface area contributed by atoms with Gasteiger partial charge in [0.25, 0.3) is 5.69 Å². The molecular weight excluding hydrogens is 284 g/mol. The first kappa shape index (κ1) is 15.8. The molecule has 0 radical (unpaired) electrons. The van der Waals surface area contributed by atoms with Gasteiger partial charge in [-0.15, -0.1) is 0 Å². The van der Waals surface area contributed by atoms with Crippen LogP contribution in [0.15, 0.2) is 48.5 Å². The van der Waals surface area contributed by atoms with Crippen LogP contribution in [0.5, 0.6) is 5.75 Å². The van der Waals surface area contributed by atoms with Crippen molar-refractivity contribution in [3.63, 3.8) is 0 Å². The number of hydrogen-bond donors (Lipinski definition) is 1. The number of hydrogen-bond acceptors (Lipinski definition) is 5. The van der Waals surface area contributed by atoms with Crippen LogP contribution in [0.4, 0.5) is 11.4 Å². The Kier molecular flexibility index (Phi) is 5.32. The highest BCUT2D eigenvalue weighted by molar-refractivity contribution is 5.65. The van der Waals surface area contributed by atoms with Gasteiger partial charge in [0.15, 0.2) is 0 Å². The lowest BCUT2D eigenvalue weighted by Gasteiger charge is -2.24. The van der Waals surface area contributed by atoms with Gasteiger partial charge in [0.05, 0.1) is 24.7 Å². The van der Waals surface area contributed by atoms with Gasteiger partial charge in [-0.3, -0.25) is 10.1 Å². The molecule has 0 spiro atoms. The Balaban J connectivity index is 2.37. The molecule has 0 unspecified atom stereocenters. The third-order valence-electron chi connectivity index (χ3n) is 3.31. The number of ether oxygens (including phenoxy) is 1. The summed E-state index contributed by atoms with van der Waals surface area (Å²) in [6.45, 7) is 0.701. The van der Waals surface area contributed by atoms with Crippen molar-refractivity contribution in [2.45, 2.75) is 6.54 Å². The van der Waals surface area contributed by atoms with E-state index >= 15 is 0 Å². The number of anilines is 1. The lowest BCUT2D eigenvalue weighted by molar-refractivity contribution is -0.384. The van der Waals surface area contributed by atoms with Crippen molar-refractivity contribution in [3.05, 3.63) is 64.2 Å². The number of benzene rings is 2. The molecule has 2 aromatic rings. The Bertz CT molecular complexity index is 631. The lowest BCUT2D eigenvalue weighted by atomic mass is 10.1. The summed E-state index contributed by atoms with van der Waals surface area (Å²) >= 11 is 0. The Labute approximate surface area is 128 Å². The number of aliphatic hydroxyl groups is 1. The first-order valence-corrected chi connectivity index (χ1v) is 6.88. The van der Waals surface area contributed by atoms with Crippen LogP contribution >= 0.6 is 0 Å². The molecule has 2 aromatic carbocycles. The third-order valence-corrected chi connectivity index (χ3v) is 3.31. The quantitative estimate of drug-likeness (QED) is 0.628. The van der Waals surface area contributed by atoms with Crippen LogP contribution in [0.2, 0.25) is 0 Å². The number of aliphatic hydroxyl groups excluding tert-OH is 1. The predicted molar refractivity (Wildman–Crippen MR) is 84.2 cm³/mol. The maximum Gasteiger partial charge on any atom is 0.296 e. The molecule has 0 aliphatic heterocycles. The maximum absolute atomic E-state index is 11.3. The number of nitrogens with zero attached hydrogens (tertiary/aromatic N) is 2. The fourth-order valence-corrected chi connectivity index (χ4v) is 2.25. The SMILES string of the molecule is COc1ccc(N(CCO)Cc2ccccc2)c([N+](=O)[O-])c1. The molecule has 6 heteroatoms. The van der Waals surface area contributed by atoms with E-state index in [4.69, 9.17) is 4.74 Å². The highest BCUT2D eigenvalue weighted by Gasteiger charge is 2.20. The molecule has 22 heavy (non-hydrogen) atoms. The minimum atomic E-state index is -0.437. The van der Waals surface area contributed by atoms with Crippen molar-refractivity contribution in [2.75, 3.05) is 25.2 Å². The highest BCUT2D eigenvalue weighted by Crippen LogP contribution is 2.32. The average Bonchev–Trinajstić information content (AvgIpc) is 2.55. The Morgan fingerprint density at radius 3 is 2.55 bits per heavy atom. The van der Waals surface area contributed by atoms with E-state index in [-0.39, 0.29) is 12.3 Å². The minimum Gasteiger partial charge on any atom is -0.496 e. The van der Waals surface area contributed by atoms with E-state index in [0.29, 0.717) is 24.5 Å². The number of methoxy groups -OCH3 is 1. The molecule has 116 valence electrons. The van der Waals surface area contributed by atoms with Crippen LogP contribution in [0, 0.1) is 10.1 Å². The van der Waals surface area contributed by atoms with E-state index < -0.39 is 4.92 Å². The summed E-state index contributed by atoms with van der Waals surface area (Å²) in [6, 6.07) is 14.3. The molecule has 2 rings (SSSR count).